The van der Waals surface area contributed by atoms with Crippen LogP contribution in [0.15, 0.2) is 30.3 Å². The molecule has 2 fully saturated rings. The summed E-state index contributed by atoms with van der Waals surface area (Å²) in [6.07, 6.45) is 0. The van der Waals surface area contributed by atoms with Gasteiger partial charge in [0.1, 0.15) is 12.6 Å². The molecule has 2 saturated heterocycles. The molecule has 2 aliphatic heterocycles. The van der Waals surface area contributed by atoms with Crippen LogP contribution < -0.4 is 0 Å². The minimum absolute atomic E-state index is 0.0414. The van der Waals surface area contributed by atoms with Crippen LogP contribution in [-0.4, -0.2) is 67.2 Å². The van der Waals surface area contributed by atoms with Crippen LogP contribution in [0.1, 0.15) is 5.56 Å². The molecule has 0 radical (unpaired) electrons. The molecular weight excluding hydrogens is 284 g/mol. The number of hydrogen-bond donors (Lipinski definition) is 0. The molecule has 118 valence electrons. The Morgan fingerprint density at radius 2 is 1.86 bits per heavy atom. The Morgan fingerprint density at radius 1 is 1.14 bits per heavy atom. The van der Waals surface area contributed by atoms with Crippen molar-refractivity contribution in [2.75, 3.05) is 39.5 Å². The van der Waals surface area contributed by atoms with E-state index in [0.717, 1.165) is 5.56 Å². The number of morpholine rings is 2. The van der Waals surface area contributed by atoms with E-state index < -0.39 is 6.04 Å². The lowest BCUT2D eigenvalue weighted by Crippen LogP contribution is -2.58. The van der Waals surface area contributed by atoms with Gasteiger partial charge in [0.2, 0.25) is 11.8 Å². The zero-order chi connectivity index (χ0) is 15.4. The van der Waals surface area contributed by atoms with Crippen molar-refractivity contribution in [3.05, 3.63) is 35.9 Å². The van der Waals surface area contributed by atoms with Crippen molar-refractivity contribution in [1.82, 2.24) is 9.80 Å². The summed E-state index contributed by atoms with van der Waals surface area (Å²) in [5, 5.41) is 0. The van der Waals surface area contributed by atoms with Gasteiger partial charge in [-0.1, -0.05) is 30.3 Å². The van der Waals surface area contributed by atoms with Crippen LogP contribution in [0.3, 0.4) is 0 Å². The summed E-state index contributed by atoms with van der Waals surface area (Å²) in [5.41, 5.74) is 1.01. The molecule has 1 aromatic carbocycles. The van der Waals surface area contributed by atoms with Crippen molar-refractivity contribution < 1.29 is 19.1 Å². The highest BCUT2D eigenvalue weighted by Crippen LogP contribution is 2.16. The third-order valence-corrected chi connectivity index (χ3v) is 4.00. The first-order valence-corrected chi connectivity index (χ1v) is 7.53. The van der Waals surface area contributed by atoms with Gasteiger partial charge in [0.25, 0.3) is 0 Å². The van der Waals surface area contributed by atoms with Crippen molar-refractivity contribution in [3.63, 3.8) is 0 Å². The molecule has 2 heterocycles. The van der Waals surface area contributed by atoms with E-state index in [0.29, 0.717) is 32.8 Å². The van der Waals surface area contributed by atoms with Crippen LogP contribution in [0.4, 0.5) is 0 Å². The molecule has 2 amide bonds. The van der Waals surface area contributed by atoms with Crippen molar-refractivity contribution in [2.45, 2.75) is 12.6 Å². The smallest absolute Gasteiger partial charge is 0.249 e. The van der Waals surface area contributed by atoms with Crippen molar-refractivity contribution in [3.8, 4) is 0 Å². The summed E-state index contributed by atoms with van der Waals surface area (Å²) in [5.74, 6) is -0.186. The second-order valence-electron chi connectivity index (χ2n) is 5.48. The van der Waals surface area contributed by atoms with E-state index >= 15 is 0 Å². The summed E-state index contributed by atoms with van der Waals surface area (Å²) in [7, 11) is 0. The van der Waals surface area contributed by atoms with Crippen LogP contribution >= 0.6 is 0 Å². The number of rotatable bonds is 3. The average molecular weight is 304 g/mol. The summed E-state index contributed by atoms with van der Waals surface area (Å²) in [6.45, 7) is 2.97. The van der Waals surface area contributed by atoms with Crippen LogP contribution in [0.2, 0.25) is 0 Å². The number of ether oxygens (including phenoxy) is 2. The maximum Gasteiger partial charge on any atom is 0.249 e. The van der Waals surface area contributed by atoms with E-state index in [1.807, 2.05) is 30.3 Å². The molecule has 2 aliphatic rings. The van der Waals surface area contributed by atoms with Gasteiger partial charge in [0, 0.05) is 19.6 Å². The molecule has 22 heavy (non-hydrogen) atoms. The molecule has 0 N–H and O–H groups in total. The summed E-state index contributed by atoms with van der Waals surface area (Å²) in [6, 6.07) is 9.16. The molecule has 6 nitrogen and oxygen atoms in total. The molecule has 0 saturated carbocycles. The number of benzene rings is 1. The maximum absolute atomic E-state index is 12.7. The fourth-order valence-electron chi connectivity index (χ4n) is 2.78. The largest absolute Gasteiger partial charge is 0.378 e. The second-order valence-corrected chi connectivity index (χ2v) is 5.48. The van der Waals surface area contributed by atoms with Crippen molar-refractivity contribution in [2.24, 2.45) is 0 Å². The number of carbonyl (C=O) groups excluding carboxylic acids is 2. The fourth-order valence-corrected chi connectivity index (χ4v) is 2.78. The van der Waals surface area contributed by atoms with E-state index in [1.165, 1.54) is 0 Å². The van der Waals surface area contributed by atoms with Gasteiger partial charge in [-0.15, -0.1) is 0 Å². The Morgan fingerprint density at radius 3 is 2.59 bits per heavy atom. The number of carbonyl (C=O) groups is 2. The molecule has 0 spiro atoms. The molecule has 1 aromatic rings. The van der Waals surface area contributed by atoms with Crippen LogP contribution in [0, 0.1) is 0 Å². The first-order chi connectivity index (χ1) is 10.8. The monoisotopic (exact) mass is 304 g/mol. The minimum Gasteiger partial charge on any atom is -0.378 e. The van der Waals surface area contributed by atoms with E-state index in [1.54, 1.807) is 9.80 Å². The molecule has 6 heteroatoms. The molecule has 0 unspecified atom stereocenters. The highest BCUT2D eigenvalue weighted by atomic mass is 16.5. The highest BCUT2D eigenvalue weighted by molar-refractivity contribution is 5.89. The van der Waals surface area contributed by atoms with Gasteiger partial charge >= 0.3 is 0 Å². The van der Waals surface area contributed by atoms with E-state index in [4.69, 9.17) is 9.47 Å². The van der Waals surface area contributed by atoms with Gasteiger partial charge in [0.15, 0.2) is 0 Å². The second kappa shape index (κ2) is 6.89. The Hall–Kier alpha value is -1.92. The first kappa shape index (κ1) is 15.0. The topological polar surface area (TPSA) is 59.1 Å². The zero-order valence-electron chi connectivity index (χ0n) is 12.4. The van der Waals surface area contributed by atoms with E-state index in [2.05, 4.69) is 0 Å². The minimum atomic E-state index is -0.542. The normalized spacial score (nSPS) is 22.7. The van der Waals surface area contributed by atoms with Gasteiger partial charge < -0.3 is 19.3 Å². The Labute approximate surface area is 129 Å². The van der Waals surface area contributed by atoms with E-state index in [-0.39, 0.29) is 25.0 Å². The standard InChI is InChI=1S/C16H20N2O4/c19-15-12-22-11-14(16(20)17-6-8-21-9-7-17)18(15)10-13-4-2-1-3-5-13/h1-5,14H,6-12H2/t14-/m1/s1. The third-order valence-electron chi connectivity index (χ3n) is 4.00. The average Bonchev–Trinajstić information content (AvgIpc) is 2.58. The highest BCUT2D eigenvalue weighted by Gasteiger charge is 2.36. The Bertz CT molecular complexity index is 528. The lowest BCUT2D eigenvalue weighted by Gasteiger charge is -2.38. The number of nitrogens with zero attached hydrogens (tertiary/aromatic N) is 2. The Kier molecular flexibility index (Phi) is 4.70. The van der Waals surface area contributed by atoms with Gasteiger partial charge in [-0.2, -0.15) is 0 Å². The van der Waals surface area contributed by atoms with Crippen LogP contribution in [0.25, 0.3) is 0 Å². The van der Waals surface area contributed by atoms with Crippen LogP contribution in [-0.2, 0) is 25.6 Å². The summed E-state index contributed by atoms with van der Waals surface area (Å²) >= 11 is 0. The quantitative estimate of drug-likeness (QED) is 0.804. The van der Waals surface area contributed by atoms with E-state index in [9.17, 15) is 9.59 Å². The lowest BCUT2D eigenvalue weighted by molar-refractivity contribution is -0.161. The molecule has 0 bridgehead atoms. The van der Waals surface area contributed by atoms with Gasteiger partial charge in [0.05, 0.1) is 19.8 Å². The van der Waals surface area contributed by atoms with Gasteiger partial charge in [-0.25, -0.2) is 0 Å². The van der Waals surface area contributed by atoms with Crippen LogP contribution in [0.5, 0.6) is 0 Å². The lowest BCUT2D eigenvalue weighted by atomic mass is 10.1. The zero-order valence-corrected chi connectivity index (χ0v) is 12.4. The fraction of sp³-hybridized carbons (Fsp3) is 0.500. The number of amides is 2. The predicted molar refractivity (Wildman–Crippen MR) is 79.0 cm³/mol. The third kappa shape index (κ3) is 3.28. The number of hydrogen-bond acceptors (Lipinski definition) is 4. The van der Waals surface area contributed by atoms with Gasteiger partial charge in [-0.05, 0) is 5.56 Å². The first-order valence-electron chi connectivity index (χ1n) is 7.53. The summed E-state index contributed by atoms with van der Waals surface area (Å²) in [4.78, 5) is 28.3. The molecule has 3 rings (SSSR count). The van der Waals surface area contributed by atoms with Crippen molar-refractivity contribution >= 4 is 11.8 Å². The summed E-state index contributed by atoms with van der Waals surface area (Å²) < 4.78 is 10.6. The molecule has 0 aromatic heterocycles. The molecule has 1 atom stereocenters. The molecule has 0 aliphatic carbocycles. The van der Waals surface area contributed by atoms with Crippen molar-refractivity contribution in [1.29, 1.82) is 0 Å². The predicted octanol–water partition coefficient (Wildman–Crippen LogP) is 0.273. The molecular formula is C16H20N2O4. The Balaban J connectivity index is 1.74. The SMILES string of the molecule is O=C([C@H]1COCC(=O)N1Cc1ccccc1)N1CCOCC1. The maximum atomic E-state index is 12.7. The van der Waals surface area contributed by atoms with Gasteiger partial charge in [-0.3, -0.25) is 9.59 Å².